The first-order valence-electron chi connectivity index (χ1n) is 4.80. The minimum atomic E-state index is -4.63. The van der Waals surface area contributed by atoms with E-state index < -0.39 is 13.3 Å². The number of aldehydes is 1. The lowest BCUT2D eigenvalue weighted by Gasteiger charge is -2.16. The summed E-state index contributed by atoms with van der Waals surface area (Å²) in [6, 6.07) is 2.35. The Bertz CT molecular complexity index is 468. The van der Waals surface area contributed by atoms with Gasteiger partial charge in [-0.2, -0.15) is 0 Å². The fourth-order valence-electron chi connectivity index (χ4n) is 1.44. The largest absolute Gasteiger partial charge is 0.502 e. The highest BCUT2D eigenvalue weighted by Gasteiger charge is 2.31. The van der Waals surface area contributed by atoms with Gasteiger partial charge in [0.15, 0.2) is 11.5 Å². The van der Waals surface area contributed by atoms with Gasteiger partial charge < -0.3 is 29.2 Å². The number of hydrogen-bond acceptors (Lipinski definition) is 5. The van der Waals surface area contributed by atoms with Gasteiger partial charge >= 0.3 is 7.60 Å². The lowest BCUT2D eigenvalue weighted by Crippen LogP contribution is -2.02. The number of carbonyl (C=O) groups is 1. The first-order chi connectivity index (χ1) is 8.35. The van der Waals surface area contributed by atoms with Crippen LogP contribution in [0.1, 0.15) is 11.2 Å². The van der Waals surface area contributed by atoms with Crippen LogP contribution in [-0.2, 0) is 9.36 Å². The summed E-state index contributed by atoms with van der Waals surface area (Å²) in [5, 5.41) is 9.64. The monoisotopic (exact) mass is 276 g/mol. The van der Waals surface area contributed by atoms with Crippen molar-refractivity contribution in [3.63, 3.8) is 0 Å². The van der Waals surface area contributed by atoms with E-state index in [1.54, 1.807) is 0 Å². The van der Waals surface area contributed by atoms with Crippen molar-refractivity contribution in [1.82, 2.24) is 0 Å². The smallest absolute Gasteiger partial charge is 0.340 e. The van der Waals surface area contributed by atoms with Gasteiger partial charge in [-0.05, 0) is 17.7 Å². The fourth-order valence-corrected chi connectivity index (χ4v) is 2.13. The van der Waals surface area contributed by atoms with E-state index in [-0.39, 0.29) is 29.1 Å². The molecule has 0 fully saturated rings. The summed E-state index contributed by atoms with van der Waals surface area (Å²) < 4.78 is 20.8. The van der Waals surface area contributed by atoms with Crippen molar-refractivity contribution in [3.8, 4) is 17.2 Å². The van der Waals surface area contributed by atoms with Crippen molar-refractivity contribution in [3.05, 3.63) is 17.7 Å². The van der Waals surface area contributed by atoms with Crippen LogP contribution < -0.4 is 9.47 Å². The van der Waals surface area contributed by atoms with Gasteiger partial charge in [-0.15, -0.1) is 0 Å². The molecule has 1 unspecified atom stereocenters. The zero-order chi connectivity index (χ0) is 13.9. The second-order valence-electron chi connectivity index (χ2n) is 3.44. The van der Waals surface area contributed by atoms with Gasteiger partial charge in [-0.25, -0.2) is 0 Å². The predicted octanol–water partition coefficient (Wildman–Crippen LogP) is 0.827. The Morgan fingerprint density at radius 2 is 1.67 bits per heavy atom. The van der Waals surface area contributed by atoms with Crippen LogP contribution in [0.3, 0.4) is 0 Å². The van der Waals surface area contributed by atoms with Gasteiger partial charge in [-0.1, -0.05) is 0 Å². The van der Waals surface area contributed by atoms with Crippen molar-refractivity contribution in [2.24, 2.45) is 0 Å². The molecular weight excluding hydrogens is 263 g/mol. The normalized spacial score (nSPS) is 12.9. The molecule has 18 heavy (non-hydrogen) atoms. The van der Waals surface area contributed by atoms with E-state index in [0.29, 0.717) is 0 Å². The molecule has 0 spiro atoms. The molecule has 0 saturated heterocycles. The predicted molar refractivity (Wildman–Crippen MR) is 62.1 cm³/mol. The Morgan fingerprint density at radius 3 is 1.94 bits per heavy atom. The first kappa shape index (κ1) is 14.5. The summed E-state index contributed by atoms with van der Waals surface area (Å²) >= 11 is 0. The maximum Gasteiger partial charge on any atom is 0.340 e. The molecule has 0 aliphatic carbocycles. The third-order valence-electron chi connectivity index (χ3n) is 2.33. The molecule has 3 N–H and O–H groups in total. The quantitative estimate of drug-likeness (QED) is 0.539. The number of aromatic hydroxyl groups is 1. The van der Waals surface area contributed by atoms with Gasteiger partial charge in [0.2, 0.25) is 5.75 Å². The van der Waals surface area contributed by atoms with E-state index in [9.17, 15) is 14.5 Å². The lowest BCUT2D eigenvalue weighted by atomic mass is 10.1. The summed E-state index contributed by atoms with van der Waals surface area (Å²) in [5.74, 6) is -0.381. The van der Waals surface area contributed by atoms with E-state index in [1.807, 2.05) is 0 Å². The highest BCUT2D eigenvalue weighted by atomic mass is 31.2. The molecule has 1 aromatic rings. The maximum absolute atomic E-state index is 11.2. The molecule has 1 rings (SSSR count). The molecular formula is C10H13O7P. The van der Waals surface area contributed by atoms with Gasteiger partial charge in [-0.3, -0.25) is 4.57 Å². The molecule has 0 saturated carbocycles. The van der Waals surface area contributed by atoms with Crippen LogP contribution in [0.15, 0.2) is 12.1 Å². The second-order valence-corrected chi connectivity index (χ2v) is 5.18. The van der Waals surface area contributed by atoms with Crippen molar-refractivity contribution in [1.29, 1.82) is 0 Å². The molecule has 7 nitrogen and oxygen atoms in total. The van der Waals surface area contributed by atoms with Crippen LogP contribution in [0.4, 0.5) is 0 Å². The highest BCUT2D eigenvalue weighted by molar-refractivity contribution is 7.53. The Kier molecular flexibility index (Phi) is 4.34. The molecule has 0 radical (unpaired) electrons. The first-order valence-corrected chi connectivity index (χ1v) is 6.48. The zero-order valence-electron chi connectivity index (χ0n) is 9.73. The van der Waals surface area contributed by atoms with Gasteiger partial charge in [0.05, 0.1) is 14.2 Å². The summed E-state index contributed by atoms with van der Waals surface area (Å²) in [6.07, 6.45) is 0.145. The molecule has 100 valence electrons. The zero-order valence-corrected chi connectivity index (χ0v) is 10.6. The summed E-state index contributed by atoms with van der Waals surface area (Å²) in [7, 11) is -2.10. The minimum absolute atomic E-state index is 0.00448. The molecule has 8 heteroatoms. The van der Waals surface area contributed by atoms with Crippen LogP contribution in [-0.4, -0.2) is 35.4 Å². The van der Waals surface area contributed by atoms with Gasteiger partial charge in [0.1, 0.15) is 11.9 Å². The van der Waals surface area contributed by atoms with E-state index >= 15 is 0 Å². The fraction of sp³-hybridized carbons (Fsp3) is 0.300. The molecule has 0 bridgehead atoms. The molecule has 1 atom stereocenters. The Hall–Kier alpha value is -1.56. The van der Waals surface area contributed by atoms with Gasteiger partial charge in [0.25, 0.3) is 0 Å². The molecule has 1 aromatic carbocycles. The number of rotatable bonds is 5. The van der Waals surface area contributed by atoms with Crippen LogP contribution in [0.5, 0.6) is 17.2 Å². The average molecular weight is 276 g/mol. The van der Waals surface area contributed by atoms with Crippen LogP contribution in [0.2, 0.25) is 0 Å². The standard InChI is InChI=1S/C10H13O7P/c1-16-7-3-6(4-8(17-2)10(7)12)9(5-11)18(13,14)15/h3-5,9,12H,1-2H3,(H2,13,14,15). The number of benzene rings is 1. The number of methoxy groups -OCH3 is 2. The van der Waals surface area contributed by atoms with Crippen LogP contribution >= 0.6 is 7.60 Å². The van der Waals surface area contributed by atoms with Crippen molar-refractivity contribution >= 4 is 13.9 Å². The minimum Gasteiger partial charge on any atom is -0.502 e. The summed E-state index contributed by atoms with van der Waals surface area (Å²) in [4.78, 5) is 28.9. The van der Waals surface area contributed by atoms with Crippen molar-refractivity contribution in [2.45, 2.75) is 5.66 Å². The number of phenolic OH excluding ortho intramolecular Hbond substituents is 1. The van der Waals surface area contributed by atoms with Crippen LogP contribution in [0.25, 0.3) is 0 Å². The molecule has 0 aliphatic rings. The number of phenols is 1. The molecule has 0 amide bonds. The number of hydrogen-bond donors (Lipinski definition) is 3. The van der Waals surface area contributed by atoms with Crippen LogP contribution in [0, 0.1) is 0 Å². The number of carbonyl (C=O) groups excluding carboxylic acids is 1. The number of ether oxygens (including phenoxy) is 2. The Labute approximate surface area is 103 Å². The van der Waals surface area contributed by atoms with E-state index in [0.717, 1.165) is 0 Å². The molecule has 0 heterocycles. The third kappa shape index (κ3) is 2.81. The van der Waals surface area contributed by atoms with E-state index in [1.165, 1.54) is 26.4 Å². The molecule has 0 aromatic heterocycles. The average Bonchev–Trinajstić information content (AvgIpc) is 2.29. The third-order valence-corrected chi connectivity index (χ3v) is 3.48. The summed E-state index contributed by atoms with van der Waals surface area (Å²) in [6.45, 7) is 0. The highest BCUT2D eigenvalue weighted by Crippen LogP contribution is 2.52. The lowest BCUT2D eigenvalue weighted by molar-refractivity contribution is -0.107. The Morgan fingerprint density at radius 1 is 1.22 bits per heavy atom. The van der Waals surface area contributed by atoms with E-state index in [4.69, 9.17) is 19.3 Å². The topological polar surface area (TPSA) is 113 Å². The van der Waals surface area contributed by atoms with Crippen molar-refractivity contribution < 1.29 is 33.7 Å². The summed E-state index contributed by atoms with van der Waals surface area (Å²) in [5.41, 5.74) is -1.62. The second kappa shape index (κ2) is 5.39. The SMILES string of the molecule is COc1cc(C(C=O)P(=O)(O)O)cc(OC)c1O. The van der Waals surface area contributed by atoms with E-state index in [2.05, 4.69) is 0 Å². The van der Waals surface area contributed by atoms with Gasteiger partial charge in [0, 0.05) is 0 Å². The Balaban J connectivity index is 3.41. The van der Waals surface area contributed by atoms with Crippen molar-refractivity contribution in [2.75, 3.05) is 14.2 Å². The molecule has 0 aliphatic heterocycles. The maximum atomic E-state index is 11.2.